The Bertz CT molecular complexity index is 423. The smallest absolute Gasteiger partial charge is 0.317 e. The zero-order chi connectivity index (χ0) is 12.1. The van der Waals surface area contributed by atoms with Crippen LogP contribution in [0.3, 0.4) is 0 Å². The van der Waals surface area contributed by atoms with E-state index < -0.39 is 12.0 Å². The number of carboxylic acid groups (broad SMARTS) is 1. The van der Waals surface area contributed by atoms with Crippen LogP contribution in [0.4, 0.5) is 0 Å². The van der Waals surface area contributed by atoms with E-state index in [0.29, 0.717) is 0 Å². The molecular formula is C12H14N2O2. The fourth-order valence-corrected chi connectivity index (χ4v) is 1.60. The zero-order valence-corrected chi connectivity index (χ0v) is 9.34. The molecule has 0 spiro atoms. The van der Waals surface area contributed by atoms with Crippen molar-refractivity contribution in [2.24, 2.45) is 0 Å². The van der Waals surface area contributed by atoms with Crippen LogP contribution in [-0.2, 0) is 4.79 Å². The minimum absolute atomic E-state index is 0.146. The lowest BCUT2D eigenvalue weighted by Crippen LogP contribution is -2.29. The summed E-state index contributed by atoms with van der Waals surface area (Å²) in [7, 11) is 1.63. The van der Waals surface area contributed by atoms with Crippen molar-refractivity contribution in [3.05, 3.63) is 35.4 Å². The molecule has 1 atom stereocenters. The first-order valence-electron chi connectivity index (χ1n) is 4.93. The number of carbonyl (C=O) groups is 1. The number of hydrogen-bond acceptors (Lipinski definition) is 3. The summed E-state index contributed by atoms with van der Waals surface area (Å²) in [5, 5.41) is 17.8. The van der Waals surface area contributed by atoms with Crippen molar-refractivity contribution in [2.45, 2.75) is 13.0 Å². The lowest BCUT2D eigenvalue weighted by atomic mass is 10.0. The van der Waals surface area contributed by atoms with Gasteiger partial charge in [-0.2, -0.15) is 5.26 Å². The summed E-state index contributed by atoms with van der Waals surface area (Å²) in [6.45, 7) is 1.76. The van der Waals surface area contributed by atoms with E-state index >= 15 is 0 Å². The molecule has 0 radical (unpaired) electrons. The zero-order valence-electron chi connectivity index (χ0n) is 9.34. The van der Waals surface area contributed by atoms with Crippen molar-refractivity contribution in [3.8, 4) is 6.07 Å². The molecule has 1 aromatic carbocycles. The number of aryl methyl sites for hydroxylation is 1. The minimum Gasteiger partial charge on any atom is -0.480 e. The standard InChI is InChI=1S/C12H14N2O2/c1-9-5-3-4-6-10(9)11(7-13)14(2)8-12(15)16/h3-6,11H,8H2,1-2H3,(H,15,16). The highest BCUT2D eigenvalue weighted by atomic mass is 16.4. The highest BCUT2D eigenvalue weighted by molar-refractivity contribution is 5.69. The number of rotatable bonds is 4. The molecule has 4 heteroatoms. The normalized spacial score (nSPS) is 12.1. The van der Waals surface area contributed by atoms with Crippen LogP contribution in [-0.4, -0.2) is 29.6 Å². The molecular weight excluding hydrogens is 204 g/mol. The largest absolute Gasteiger partial charge is 0.480 e. The molecule has 0 amide bonds. The van der Waals surface area contributed by atoms with Crippen molar-refractivity contribution in [2.75, 3.05) is 13.6 Å². The van der Waals surface area contributed by atoms with E-state index in [-0.39, 0.29) is 6.54 Å². The lowest BCUT2D eigenvalue weighted by molar-refractivity contribution is -0.138. The van der Waals surface area contributed by atoms with Crippen molar-refractivity contribution >= 4 is 5.97 Å². The fraction of sp³-hybridized carbons (Fsp3) is 0.333. The molecule has 84 valence electrons. The second kappa shape index (κ2) is 5.29. The summed E-state index contributed by atoms with van der Waals surface area (Å²) in [6.07, 6.45) is 0. The molecule has 0 aliphatic heterocycles. The van der Waals surface area contributed by atoms with Gasteiger partial charge < -0.3 is 5.11 Å². The summed E-state index contributed by atoms with van der Waals surface area (Å²) >= 11 is 0. The molecule has 0 aromatic heterocycles. The van der Waals surface area contributed by atoms with E-state index in [2.05, 4.69) is 6.07 Å². The number of benzene rings is 1. The predicted molar refractivity (Wildman–Crippen MR) is 59.8 cm³/mol. The van der Waals surface area contributed by atoms with Crippen LogP contribution in [0.15, 0.2) is 24.3 Å². The number of aliphatic carboxylic acids is 1. The summed E-state index contributed by atoms with van der Waals surface area (Å²) in [6, 6.07) is 9.11. The lowest BCUT2D eigenvalue weighted by Gasteiger charge is -2.22. The maximum Gasteiger partial charge on any atom is 0.317 e. The third-order valence-corrected chi connectivity index (χ3v) is 2.43. The Kier molecular flexibility index (Phi) is 4.03. The minimum atomic E-state index is -0.934. The quantitative estimate of drug-likeness (QED) is 0.833. The molecule has 1 rings (SSSR count). The van der Waals surface area contributed by atoms with E-state index in [1.165, 1.54) is 4.90 Å². The third-order valence-electron chi connectivity index (χ3n) is 2.43. The van der Waals surface area contributed by atoms with Gasteiger partial charge in [-0.1, -0.05) is 24.3 Å². The van der Waals surface area contributed by atoms with Crippen molar-refractivity contribution in [1.29, 1.82) is 5.26 Å². The molecule has 1 aromatic rings. The Morgan fingerprint density at radius 2 is 2.19 bits per heavy atom. The van der Waals surface area contributed by atoms with Crippen LogP contribution in [0.25, 0.3) is 0 Å². The van der Waals surface area contributed by atoms with E-state index in [0.717, 1.165) is 11.1 Å². The van der Waals surface area contributed by atoms with E-state index in [9.17, 15) is 4.79 Å². The van der Waals surface area contributed by atoms with Gasteiger partial charge in [0.2, 0.25) is 0 Å². The Morgan fingerprint density at radius 3 is 2.69 bits per heavy atom. The first kappa shape index (κ1) is 12.2. The van der Waals surface area contributed by atoms with Crippen LogP contribution < -0.4 is 0 Å². The number of hydrogen-bond donors (Lipinski definition) is 1. The van der Waals surface area contributed by atoms with E-state index in [1.807, 2.05) is 31.2 Å². The Morgan fingerprint density at radius 1 is 1.56 bits per heavy atom. The van der Waals surface area contributed by atoms with Crippen LogP contribution >= 0.6 is 0 Å². The Hall–Kier alpha value is -1.86. The molecule has 0 saturated carbocycles. The number of nitriles is 1. The molecule has 0 heterocycles. The van der Waals surface area contributed by atoms with Crippen LogP contribution in [0, 0.1) is 18.3 Å². The highest BCUT2D eigenvalue weighted by Gasteiger charge is 2.19. The van der Waals surface area contributed by atoms with Gasteiger partial charge in [0, 0.05) is 0 Å². The van der Waals surface area contributed by atoms with Gasteiger partial charge in [0.05, 0.1) is 12.6 Å². The van der Waals surface area contributed by atoms with Gasteiger partial charge in [-0.25, -0.2) is 0 Å². The molecule has 0 aliphatic rings. The monoisotopic (exact) mass is 218 g/mol. The highest BCUT2D eigenvalue weighted by Crippen LogP contribution is 2.21. The molecule has 1 N–H and O–H groups in total. The van der Waals surface area contributed by atoms with Gasteiger partial charge in [0.1, 0.15) is 6.04 Å². The first-order valence-corrected chi connectivity index (χ1v) is 4.93. The van der Waals surface area contributed by atoms with Gasteiger partial charge >= 0.3 is 5.97 Å². The summed E-state index contributed by atoms with van der Waals surface area (Å²) < 4.78 is 0. The summed E-state index contributed by atoms with van der Waals surface area (Å²) in [4.78, 5) is 12.1. The Labute approximate surface area is 94.7 Å². The third kappa shape index (κ3) is 2.81. The average Bonchev–Trinajstić information content (AvgIpc) is 2.20. The molecule has 0 bridgehead atoms. The maximum absolute atomic E-state index is 10.6. The van der Waals surface area contributed by atoms with Gasteiger partial charge in [0.25, 0.3) is 0 Å². The summed E-state index contributed by atoms with van der Waals surface area (Å²) in [5.41, 5.74) is 1.85. The van der Waals surface area contributed by atoms with Gasteiger partial charge in [-0.05, 0) is 25.1 Å². The molecule has 0 saturated heterocycles. The van der Waals surface area contributed by atoms with E-state index in [4.69, 9.17) is 10.4 Å². The fourth-order valence-electron chi connectivity index (χ4n) is 1.60. The molecule has 0 aliphatic carbocycles. The van der Waals surface area contributed by atoms with Crippen LogP contribution in [0.2, 0.25) is 0 Å². The average molecular weight is 218 g/mol. The van der Waals surface area contributed by atoms with Crippen LogP contribution in [0.5, 0.6) is 0 Å². The molecule has 0 fully saturated rings. The predicted octanol–water partition coefficient (Wildman–Crippen LogP) is 1.58. The van der Waals surface area contributed by atoms with Gasteiger partial charge in [-0.15, -0.1) is 0 Å². The number of likely N-dealkylation sites (N-methyl/N-ethyl adjacent to an activating group) is 1. The van der Waals surface area contributed by atoms with Gasteiger partial charge in [-0.3, -0.25) is 9.69 Å². The second-order valence-corrected chi connectivity index (χ2v) is 3.70. The number of nitrogens with zero attached hydrogens (tertiary/aromatic N) is 2. The van der Waals surface area contributed by atoms with Crippen molar-refractivity contribution in [3.63, 3.8) is 0 Å². The maximum atomic E-state index is 10.6. The number of carboxylic acids is 1. The molecule has 1 unspecified atom stereocenters. The van der Waals surface area contributed by atoms with Crippen molar-refractivity contribution < 1.29 is 9.90 Å². The van der Waals surface area contributed by atoms with Crippen molar-refractivity contribution in [1.82, 2.24) is 4.90 Å². The molecule has 4 nitrogen and oxygen atoms in total. The topological polar surface area (TPSA) is 64.3 Å². The van der Waals surface area contributed by atoms with Gasteiger partial charge in [0.15, 0.2) is 0 Å². The summed E-state index contributed by atoms with van der Waals surface area (Å²) in [5.74, 6) is -0.934. The Balaban J connectivity index is 2.96. The SMILES string of the molecule is Cc1ccccc1C(C#N)N(C)CC(=O)O. The molecule has 16 heavy (non-hydrogen) atoms. The first-order chi connectivity index (χ1) is 7.56. The second-order valence-electron chi connectivity index (χ2n) is 3.70. The van der Waals surface area contributed by atoms with Crippen LogP contribution in [0.1, 0.15) is 17.2 Å². The van der Waals surface area contributed by atoms with E-state index in [1.54, 1.807) is 7.05 Å².